The van der Waals surface area contributed by atoms with Crippen molar-refractivity contribution < 1.29 is 14.6 Å². The number of hydrogen-bond acceptors (Lipinski definition) is 4. The zero-order valence-electron chi connectivity index (χ0n) is 10.4. The Labute approximate surface area is 106 Å². The summed E-state index contributed by atoms with van der Waals surface area (Å²) in [5.74, 6) is -0.550. The van der Waals surface area contributed by atoms with Crippen LogP contribution in [0.25, 0.3) is 0 Å². The number of rotatable bonds is 3. The summed E-state index contributed by atoms with van der Waals surface area (Å²) in [5, 5.41) is 8.99. The molecule has 3 N–H and O–H groups in total. The van der Waals surface area contributed by atoms with E-state index >= 15 is 0 Å². The van der Waals surface area contributed by atoms with Gasteiger partial charge in [-0.15, -0.1) is 0 Å². The molecule has 2 rings (SSSR count). The summed E-state index contributed by atoms with van der Waals surface area (Å²) in [6, 6.07) is 4.86. The first-order valence-electron chi connectivity index (χ1n) is 6.05. The molecule has 0 amide bonds. The molecule has 0 bridgehead atoms. The van der Waals surface area contributed by atoms with Crippen LogP contribution in [0.1, 0.15) is 23.2 Å². The molecule has 1 fully saturated rings. The first kappa shape index (κ1) is 12.7. The second-order valence-corrected chi connectivity index (χ2v) is 4.64. The number of nitrogens with zero attached hydrogens (tertiary/aromatic N) is 1. The summed E-state index contributed by atoms with van der Waals surface area (Å²) in [6.07, 6.45) is 1.99. The molecule has 0 aliphatic carbocycles. The van der Waals surface area contributed by atoms with Crippen LogP contribution in [0.3, 0.4) is 0 Å². The van der Waals surface area contributed by atoms with Crippen LogP contribution in [0.4, 0.5) is 5.69 Å². The highest BCUT2D eigenvalue weighted by molar-refractivity contribution is 5.95. The minimum Gasteiger partial charge on any atom is -0.488 e. The number of piperidine rings is 1. The lowest BCUT2D eigenvalue weighted by molar-refractivity contribution is 0.0696. The van der Waals surface area contributed by atoms with Crippen LogP contribution in [-0.2, 0) is 0 Å². The lowest BCUT2D eigenvalue weighted by atomic mass is 10.1. The Morgan fingerprint density at radius 3 is 2.72 bits per heavy atom. The van der Waals surface area contributed by atoms with Gasteiger partial charge in [0.15, 0.2) is 0 Å². The maximum absolute atomic E-state index is 11.0. The largest absolute Gasteiger partial charge is 0.488 e. The van der Waals surface area contributed by atoms with Crippen molar-refractivity contribution in [1.82, 2.24) is 4.90 Å². The number of carboxylic acids is 1. The molecule has 0 radical (unpaired) electrons. The van der Waals surface area contributed by atoms with Crippen molar-refractivity contribution in [3.8, 4) is 5.75 Å². The number of nitrogen functional groups attached to an aromatic ring is 1. The number of para-hydroxylation sites is 1. The van der Waals surface area contributed by atoms with E-state index in [1.165, 1.54) is 6.07 Å². The molecule has 0 unspecified atom stereocenters. The molecule has 1 aliphatic heterocycles. The molecule has 0 aromatic heterocycles. The molecule has 1 aliphatic rings. The number of benzene rings is 1. The standard InChI is InChI=1S/C13H18N2O3/c1-15-7-5-9(6-8-15)18-11-4-2-3-10(12(11)14)13(16)17/h2-4,9H,5-8,14H2,1H3,(H,16,17). The van der Waals surface area contributed by atoms with Gasteiger partial charge in [-0.3, -0.25) is 0 Å². The Kier molecular flexibility index (Phi) is 3.72. The van der Waals surface area contributed by atoms with E-state index in [4.69, 9.17) is 15.6 Å². The van der Waals surface area contributed by atoms with E-state index in [0.717, 1.165) is 25.9 Å². The summed E-state index contributed by atoms with van der Waals surface area (Å²) < 4.78 is 5.81. The molecular formula is C13H18N2O3. The minimum atomic E-state index is -1.03. The molecule has 0 spiro atoms. The summed E-state index contributed by atoms with van der Waals surface area (Å²) >= 11 is 0. The molecule has 1 saturated heterocycles. The number of anilines is 1. The second kappa shape index (κ2) is 5.27. The number of carbonyl (C=O) groups is 1. The maximum atomic E-state index is 11.0. The number of carboxylic acid groups (broad SMARTS) is 1. The number of likely N-dealkylation sites (tertiary alicyclic amines) is 1. The predicted molar refractivity (Wildman–Crippen MR) is 69.0 cm³/mol. The van der Waals surface area contributed by atoms with E-state index in [0.29, 0.717) is 5.75 Å². The quantitative estimate of drug-likeness (QED) is 0.794. The molecule has 1 heterocycles. The van der Waals surface area contributed by atoms with Crippen molar-refractivity contribution in [2.45, 2.75) is 18.9 Å². The van der Waals surface area contributed by atoms with Crippen molar-refractivity contribution in [3.05, 3.63) is 23.8 Å². The maximum Gasteiger partial charge on any atom is 0.337 e. The third kappa shape index (κ3) is 2.73. The van der Waals surface area contributed by atoms with E-state index in [1.807, 2.05) is 0 Å². The van der Waals surface area contributed by atoms with Crippen molar-refractivity contribution in [3.63, 3.8) is 0 Å². The van der Waals surface area contributed by atoms with Crippen LogP contribution in [0, 0.1) is 0 Å². The molecule has 5 nitrogen and oxygen atoms in total. The van der Waals surface area contributed by atoms with Crippen molar-refractivity contribution in [2.24, 2.45) is 0 Å². The predicted octanol–water partition coefficient (Wildman–Crippen LogP) is 1.44. The fourth-order valence-corrected chi connectivity index (χ4v) is 2.12. The SMILES string of the molecule is CN1CCC(Oc2cccc(C(=O)O)c2N)CC1. The molecule has 1 aromatic carbocycles. The number of nitrogens with two attached hydrogens (primary N) is 1. The Balaban J connectivity index is 2.10. The van der Waals surface area contributed by atoms with Crippen molar-refractivity contribution >= 4 is 11.7 Å². The molecule has 0 saturated carbocycles. The molecule has 98 valence electrons. The van der Waals surface area contributed by atoms with Gasteiger partial charge in [-0.1, -0.05) is 6.07 Å². The summed E-state index contributed by atoms with van der Waals surface area (Å²) in [6.45, 7) is 1.98. The van der Waals surface area contributed by atoms with Crippen LogP contribution in [0.15, 0.2) is 18.2 Å². The van der Waals surface area contributed by atoms with Gasteiger partial charge < -0.3 is 20.5 Å². The molecule has 5 heteroatoms. The normalized spacial score (nSPS) is 17.6. The lowest BCUT2D eigenvalue weighted by Crippen LogP contribution is -2.35. The highest BCUT2D eigenvalue weighted by Crippen LogP contribution is 2.28. The second-order valence-electron chi connectivity index (χ2n) is 4.64. The van der Waals surface area contributed by atoms with Gasteiger partial charge in [-0.2, -0.15) is 0 Å². The third-order valence-electron chi connectivity index (χ3n) is 3.26. The zero-order chi connectivity index (χ0) is 13.1. The van der Waals surface area contributed by atoms with Crippen LogP contribution >= 0.6 is 0 Å². The number of aromatic carboxylic acids is 1. The Hall–Kier alpha value is -1.75. The van der Waals surface area contributed by atoms with Gasteiger partial charge >= 0.3 is 5.97 Å². The topological polar surface area (TPSA) is 75.8 Å². The van der Waals surface area contributed by atoms with Gasteiger partial charge in [0.05, 0.1) is 11.3 Å². The smallest absolute Gasteiger partial charge is 0.337 e. The molecular weight excluding hydrogens is 232 g/mol. The minimum absolute atomic E-state index is 0.0976. The van der Waals surface area contributed by atoms with Gasteiger partial charge in [-0.25, -0.2) is 4.79 Å². The fourth-order valence-electron chi connectivity index (χ4n) is 2.12. The first-order valence-corrected chi connectivity index (χ1v) is 6.05. The van der Waals surface area contributed by atoms with E-state index in [2.05, 4.69) is 11.9 Å². The average molecular weight is 250 g/mol. The number of hydrogen-bond donors (Lipinski definition) is 2. The molecule has 18 heavy (non-hydrogen) atoms. The Morgan fingerprint density at radius 1 is 1.44 bits per heavy atom. The lowest BCUT2D eigenvalue weighted by Gasteiger charge is -2.29. The Bertz CT molecular complexity index is 440. The monoisotopic (exact) mass is 250 g/mol. The van der Waals surface area contributed by atoms with E-state index in [1.54, 1.807) is 12.1 Å². The van der Waals surface area contributed by atoms with E-state index < -0.39 is 5.97 Å². The van der Waals surface area contributed by atoms with Crippen molar-refractivity contribution in [2.75, 3.05) is 25.9 Å². The third-order valence-corrected chi connectivity index (χ3v) is 3.26. The van der Waals surface area contributed by atoms with E-state index in [-0.39, 0.29) is 17.4 Å². The summed E-state index contributed by atoms with van der Waals surface area (Å²) in [5.41, 5.74) is 6.12. The van der Waals surface area contributed by atoms with Gasteiger partial charge in [0, 0.05) is 13.1 Å². The fraction of sp³-hybridized carbons (Fsp3) is 0.462. The van der Waals surface area contributed by atoms with Crippen LogP contribution in [0.5, 0.6) is 5.75 Å². The van der Waals surface area contributed by atoms with Crippen LogP contribution in [0.2, 0.25) is 0 Å². The highest BCUT2D eigenvalue weighted by Gasteiger charge is 2.20. The summed E-state index contributed by atoms with van der Waals surface area (Å²) in [7, 11) is 2.08. The molecule has 1 aromatic rings. The summed E-state index contributed by atoms with van der Waals surface area (Å²) in [4.78, 5) is 13.2. The van der Waals surface area contributed by atoms with Crippen LogP contribution < -0.4 is 10.5 Å². The average Bonchev–Trinajstić information content (AvgIpc) is 2.34. The van der Waals surface area contributed by atoms with E-state index in [9.17, 15) is 4.79 Å². The molecule has 0 atom stereocenters. The first-order chi connectivity index (χ1) is 8.58. The highest BCUT2D eigenvalue weighted by atomic mass is 16.5. The van der Waals surface area contributed by atoms with Gasteiger partial charge in [0.1, 0.15) is 11.9 Å². The van der Waals surface area contributed by atoms with Gasteiger partial charge in [-0.05, 0) is 32.0 Å². The zero-order valence-corrected chi connectivity index (χ0v) is 10.4. The number of ether oxygens (including phenoxy) is 1. The van der Waals surface area contributed by atoms with Gasteiger partial charge in [0.25, 0.3) is 0 Å². The van der Waals surface area contributed by atoms with Crippen LogP contribution in [-0.4, -0.2) is 42.2 Å². The Morgan fingerprint density at radius 2 is 2.11 bits per heavy atom. The van der Waals surface area contributed by atoms with Gasteiger partial charge in [0.2, 0.25) is 0 Å². The van der Waals surface area contributed by atoms with Crippen molar-refractivity contribution in [1.29, 1.82) is 0 Å².